The molecule has 0 bridgehead atoms. The number of ether oxygens (including phenoxy) is 1. The van der Waals surface area contributed by atoms with E-state index in [9.17, 15) is 4.39 Å². The third-order valence-corrected chi connectivity index (χ3v) is 4.21. The molecule has 0 saturated heterocycles. The third kappa shape index (κ3) is 3.15. The van der Waals surface area contributed by atoms with Gasteiger partial charge in [0.1, 0.15) is 12.1 Å². The largest absolute Gasteiger partial charge is 0.446 e. The van der Waals surface area contributed by atoms with E-state index in [1.807, 2.05) is 0 Å². The smallest absolute Gasteiger partial charge is 0.207 e. The summed E-state index contributed by atoms with van der Waals surface area (Å²) in [6.45, 7) is 5.85. The molecule has 0 spiro atoms. The molecule has 1 aliphatic rings. The zero-order valence-electron chi connectivity index (χ0n) is 13.5. The summed E-state index contributed by atoms with van der Waals surface area (Å²) in [5.74, 6) is -0.0378. The van der Waals surface area contributed by atoms with Crippen molar-refractivity contribution in [2.75, 3.05) is 0 Å². The van der Waals surface area contributed by atoms with Gasteiger partial charge in [-0.05, 0) is 30.7 Å². The lowest BCUT2D eigenvalue weighted by Gasteiger charge is -2.21. The molecule has 0 N–H and O–H groups in total. The van der Waals surface area contributed by atoms with Crippen LogP contribution < -0.4 is 0 Å². The number of rotatable bonds is 3. The summed E-state index contributed by atoms with van der Waals surface area (Å²) in [5.41, 5.74) is 3.00. The predicted octanol–water partition coefficient (Wildman–Crippen LogP) is 5.51. The number of nitrogens with zero attached hydrogens (tertiary/aromatic N) is 2. The fourth-order valence-electron chi connectivity index (χ4n) is 2.55. The summed E-state index contributed by atoms with van der Waals surface area (Å²) in [7, 11) is 0. The SMILES string of the molecule is C=C(c1ccc(C#N)cc1)N1C=CO/C1=C(/C)c1cccc(Cl)c1F. The highest BCUT2D eigenvalue weighted by atomic mass is 35.5. The van der Waals surface area contributed by atoms with Crippen molar-refractivity contribution in [2.24, 2.45) is 0 Å². The van der Waals surface area contributed by atoms with Gasteiger partial charge in [-0.1, -0.05) is 42.4 Å². The second-order valence-corrected chi connectivity index (χ2v) is 5.85. The van der Waals surface area contributed by atoms with Crippen LogP contribution in [0.1, 0.15) is 23.6 Å². The molecule has 0 radical (unpaired) electrons. The van der Waals surface area contributed by atoms with E-state index in [0.717, 1.165) is 5.56 Å². The molecule has 1 aliphatic heterocycles. The zero-order chi connectivity index (χ0) is 18.0. The van der Waals surface area contributed by atoms with E-state index in [1.165, 1.54) is 12.3 Å². The second kappa shape index (κ2) is 6.84. The highest BCUT2D eigenvalue weighted by molar-refractivity contribution is 6.30. The minimum Gasteiger partial charge on any atom is -0.446 e. The Labute approximate surface area is 150 Å². The maximum Gasteiger partial charge on any atom is 0.207 e. The first-order chi connectivity index (χ1) is 12.0. The van der Waals surface area contributed by atoms with Gasteiger partial charge < -0.3 is 4.74 Å². The fourth-order valence-corrected chi connectivity index (χ4v) is 2.72. The minimum atomic E-state index is -0.492. The maximum absolute atomic E-state index is 14.3. The lowest BCUT2D eigenvalue weighted by molar-refractivity contribution is 0.314. The lowest BCUT2D eigenvalue weighted by Crippen LogP contribution is -2.13. The van der Waals surface area contributed by atoms with E-state index in [4.69, 9.17) is 21.6 Å². The predicted molar refractivity (Wildman–Crippen MR) is 96.3 cm³/mol. The van der Waals surface area contributed by atoms with Crippen LogP contribution in [0.5, 0.6) is 0 Å². The molecule has 0 aromatic heterocycles. The van der Waals surface area contributed by atoms with E-state index >= 15 is 0 Å². The number of nitriles is 1. The van der Waals surface area contributed by atoms with Crippen molar-refractivity contribution in [3.63, 3.8) is 0 Å². The number of hydrogen-bond acceptors (Lipinski definition) is 3. The van der Waals surface area contributed by atoms with Gasteiger partial charge in [0.25, 0.3) is 0 Å². The van der Waals surface area contributed by atoms with Gasteiger partial charge in [-0.15, -0.1) is 0 Å². The Bertz CT molecular complexity index is 939. The van der Waals surface area contributed by atoms with Gasteiger partial charge in [-0.25, -0.2) is 4.39 Å². The molecular weight excluding hydrogens is 339 g/mol. The van der Waals surface area contributed by atoms with Gasteiger partial charge in [0.05, 0.1) is 16.7 Å². The molecule has 2 aromatic carbocycles. The molecule has 0 fully saturated rings. The molecule has 0 amide bonds. The molecule has 2 aromatic rings. The highest BCUT2D eigenvalue weighted by Gasteiger charge is 2.23. The lowest BCUT2D eigenvalue weighted by atomic mass is 10.1. The molecule has 0 unspecified atom stereocenters. The Morgan fingerprint density at radius 2 is 1.96 bits per heavy atom. The minimum absolute atomic E-state index is 0.0564. The molecule has 0 atom stereocenters. The Balaban J connectivity index is 1.98. The summed E-state index contributed by atoms with van der Waals surface area (Å²) in [5, 5.41) is 8.96. The quantitative estimate of drug-likeness (QED) is 0.730. The maximum atomic E-state index is 14.3. The molecule has 3 rings (SSSR count). The average Bonchev–Trinajstić information content (AvgIpc) is 3.12. The van der Waals surface area contributed by atoms with Gasteiger partial charge in [0.2, 0.25) is 5.88 Å². The van der Waals surface area contributed by atoms with Crippen LogP contribution in [0.15, 0.2) is 67.4 Å². The van der Waals surface area contributed by atoms with E-state index < -0.39 is 5.82 Å². The van der Waals surface area contributed by atoms with Crippen molar-refractivity contribution >= 4 is 22.9 Å². The summed E-state index contributed by atoms with van der Waals surface area (Å²) in [4.78, 5) is 1.73. The number of hydrogen-bond donors (Lipinski definition) is 0. The summed E-state index contributed by atoms with van der Waals surface area (Å²) < 4.78 is 19.9. The molecule has 1 heterocycles. The first kappa shape index (κ1) is 16.8. The standard InChI is InChI=1S/C20H14ClFN2O/c1-13(17-4-3-5-18(21)19(17)22)20-24(10-11-25-20)14(2)16-8-6-15(12-23)7-9-16/h3-11H,2H2,1H3/b20-13-. The van der Waals surface area contributed by atoms with Crippen molar-refractivity contribution in [3.05, 3.63) is 94.9 Å². The van der Waals surface area contributed by atoms with Crippen molar-refractivity contribution < 1.29 is 9.13 Å². The fraction of sp³-hybridized carbons (Fsp3) is 0.0500. The van der Waals surface area contributed by atoms with Crippen LogP contribution in [0, 0.1) is 17.1 Å². The number of halogens is 2. The van der Waals surface area contributed by atoms with Crippen LogP contribution in [0.3, 0.4) is 0 Å². The molecular formula is C20H14ClFN2O. The van der Waals surface area contributed by atoms with Crippen molar-refractivity contribution in [1.29, 1.82) is 5.26 Å². The highest BCUT2D eigenvalue weighted by Crippen LogP contribution is 2.34. The van der Waals surface area contributed by atoms with Crippen LogP contribution in [-0.2, 0) is 4.74 Å². The zero-order valence-corrected chi connectivity index (χ0v) is 14.2. The van der Waals surface area contributed by atoms with Crippen LogP contribution in [0.25, 0.3) is 11.3 Å². The van der Waals surface area contributed by atoms with Gasteiger partial charge in [0, 0.05) is 23.0 Å². The molecule has 0 aliphatic carbocycles. The normalized spacial score (nSPS) is 14.9. The Hall–Kier alpha value is -3.03. The third-order valence-electron chi connectivity index (χ3n) is 3.92. The van der Waals surface area contributed by atoms with Crippen LogP contribution >= 0.6 is 11.6 Å². The summed E-state index contributed by atoms with van der Waals surface area (Å²) in [6.07, 6.45) is 3.22. The van der Waals surface area contributed by atoms with Crippen molar-refractivity contribution in [2.45, 2.75) is 6.92 Å². The molecule has 3 nitrogen and oxygen atoms in total. The van der Waals surface area contributed by atoms with Gasteiger partial charge in [0.15, 0.2) is 0 Å². The van der Waals surface area contributed by atoms with E-state index in [-0.39, 0.29) is 5.02 Å². The molecule has 5 heteroatoms. The van der Waals surface area contributed by atoms with Crippen molar-refractivity contribution in [3.8, 4) is 6.07 Å². The molecule has 25 heavy (non-hydrogen) atoms. The topological polar surface area (TPSA) is 36.3 Å². The second-order valence-electron chi connectivity index (χ2n) is 5.44. The summed E-state index contributed by atoms with van der Waals surface area (Å²) >= 11 is 5.88. The van der Waals surface area contributed by atoms with Gasteiger partial charge >= 0.3 is 0 Å². The van der Waals surface area contributed by atoms with Crippen LogP contribution in [-0.4, -0.2) is 4.90 Å². The number of benzene rings is 2. The monoisotopic (exact) mass is 352 g/mol. The average molecular weight is 353 g/mol. The van der Waals surface area contributed by atoms with E-state index in [0.29, 0.717) is 28.3 Å². The van der Waals surface area contributed by atoms with Gasteiger partial charge in [-0.3, -0.25) is 4.90 Å². The Morgan fingerprint density at radius 1 is 1.24 bits per heavy atom. The van der Waals surface area contributed by atoms with Crippen LogP contribution in [0.2, 0.25) is 5.02 Å². The first-order valence-corrected chi connectivity index (χ1v) is 7.88. The molecule has 124 valence electrons. The van der Waals surface area contributed by atoms with Gasteiger partial charge in [-0.2, -0.15) is 5.26 Å². The Kier molecular flexibility index (Phi) is 4.60. The Morgan fingerprint density at radius 3 is 2.64 bits per heavy atom. The summed E-state index contributed by atoms with van der Waals surface area (Å²) in [6, 6.07) is 14.0. The van der Waals surface area contributed by atoms with Crippen molar-refractivity contribution in [1.82, 2.24) is 4.90 Å². The first-order valence-electron chi connectivity index (χ1n) is 7.50. The molecule has 0 saturated carbocycles. The van der Waals surface area contributed by atoms with E-state index in [2.05, 4.69) is 12.6 Å². The van der Waals surface area contributed by atoms with E-state index in [1.54, 1.807) is 54.4 Å². The van der Waals surface area contributed by atoms with Crippen LogP contribution in [0.4, 0.5) is 4.39 Å². The number of allylic oxidation sites excluding steroid dienone is 1.